The summed E-state index contributed by atoms with van der Waals surface area (Å²) in [6.45, 7) is 2.87. The number of nitrogens with zero attached hydrogens (tertiary/aromatic N) is 1. The Hall–Kier alpha value is -2.08. The van der Waals surface area contributed by atoms with Gasteiger partial charge in [0.25, 0.3) is 0 Å². The number of rotatable bonds is 3. The van der Waals surface area contributed by atoms with Gasteiger partial charge in [-0.15, -0.1) is 0 Å². The average molecular weight is 331 g/mol. The number of phenolic OH excluding ortho intramolecular Hbond substituents is 1. The Morgan fingerprint density at radius 2 is 1.96 bits per heavy atom. The number of amides is 2. The van der Waals surface area contributed by atoms with Crippen LogP contribution in [0.25, 0.3) is 0 Å². The summed E-state index contributed by atoms with van der Waals surface area (Å²) < 4.78 is 0. The zero-order chi connectivity index (χ0) is 16.9. The van der Waals surface area contributed by atoms with Crippen molar-refractivity contribution >= 4 is 17.5 Å². The summed E-state index contributed by atoms with van der Waals surface area (Å²) in [6.07, 6.45) is 5.98. The highest BCUT2D eigenvalue weighted by molar-refractivity contribution is 6.39. The quantitative estimate of drug-likeness (QED) is 0.737. The van der Waals surface area contributed by atoms with Gasteiger partial charge < -0.3 is 20.6 Å². The van der Waals surface area contributed by atoms with Gasteiger partial charge in [0.15, 0.2) is 0 Å². The molecular formula is C18H25N3O3. The summed E-state index contributed by atoms with van der Waals surface area (Å²) in [4.78, 5) is 26.5. The first-order valence-corrected chi connectivity index (χ1v) is 8.76. The predicted octanol–water partition coefficient (Wildman–Crippen LogP) is 1.71. The van der Waals surface area contributed by atoms with E-state index >= 15 is 0 Å². The number of piperidine rings is 2. The van der Waals surface area contributed by atoms with Gasteiger partial charge >= 0.3 is 11.8 Å². The second-order valence-electron chi connectivity index (χ2n) is 6.72. The van der Waals surface area contributed by atoms with Crippen molar-refractivity contribution in [1.29, 1.82) is 0 Å². The van der Waals surface area contributed by atoms with Crippen molar-refractivity contribution in [2.24, 2.45) is 5.92 Å². The van der Waals surface area contributed by atoms with Crippen molar-refractivity contribution in [2.45, 2.75) is 38.1 Å². The SMILES string of the molecule is O=C(NC[C@@H]1CCCN2CCCC[C@H]12)C(=O)Nc1cccc(O)c1. The van der Waals surface area contributed by atoms with E-state index in [2.05, 4.69) is 15.5 Å². The number of anilines is 1. The normalized spacial score (nSPS) is 24.0. The molecule has 3 N–H and O–H groups in total. The molecule has 1 aromatic rings. The number of aromatic hydroxyl groups is 1. The van der Waals surface area contributed by atoms with Crippen molar-refractivity contribution in [1.82, 2.24) is 10.2 Å². The Kier molecular flexibility index (Phi) is 5.35. The molecule has 2 heterocycles. The number of nitrogens with one attached hydrogen (secondary N) is 2. The number of hydrogen-bond acceptors (Lipinski definition) is 4. The van der Waals surface area contributed by atoms with Crippen LogP contribution in [-0.2, 0) is 9.59 Å². The minimum Gasteiger partial charge on any atom is -0.508 e. The van der Waals surface area contributed by atoms with Crippen LogP contribution in [0.2, 0.25) is 0 Å². The Bertz CT molecular complexity index is 603. The predicted molar refractivity (Wildman–Crippen MR) is 91.7 cm³/mol. The first-order valence-electron chi connectivity index (χ1n) is 8.76. The Balaban J connectivity index is 1.50. The lowest BCUT2D eigenvalue weighted by Gasteiger charge is -2.44. The molecule has 6 heteroatoms. The number of carbonyl (C=O) groups is 2. The second kappa shape index (κ2) is 7.66. The van der Waals surface area contributed by atoms with E-state index in [4.69, 9.17) is 0 Å². The minimum atomic E-state index is -0.697. The molecule has 2 amide bonds. The highest BCUT2D eigenvalue weighted by Crippen LogP contribution is 2.30. The lowest BCUT2D eigenvalue weighted by Crippen LogP contribution is -2.51. The van der Waals surface area contributed by atoms with Gasteiger partial charge in [0.05, 0.1) is 0 Å². The number of hydrogen-bond donors (Lipinski definition) is 3. The summed E-state index contributed by atoms with van der Waals surface area (Å²) in [7, 11) is 0. The zero-order valence-electron chi connectivity index (χ0n) is 13.8. The molecule has 24 heavy (non-hydrogen) atoms. The van der Waals surface area contributed by atoms with Gasteiger partial charge in [-0.05, 0) is 56.8 Å². The molecule has 6 nitrogen and oxygen atoms in total. The summed E-state index contributed by atoms with van der Waals surface area (Å²) >= 11 is 0. The third-order valence-corrected chi connectivity index (χ3v) is 5.06. The van der Waals surface area contributed by atoms with E-state index in [9.17, 15) is 14.7 Å². The number of fused-ring (bicyclic) bond motifs is 1. The fourth-order valence-electron chi connectivity index (χ4n) is 3.89. The zero-order valence-corrected chi connectivity index (χ0v) is 13.8. The number of benzene rings is 1. The first-order chi connectivity index (χ1) is 11.6. The minimum absolute atomic E-state index is 0.0489. The number of carbonyl (C=O) groups excluding carboxylic acids is 2. The van der Waals surface area contributed by atoms with E-state index < -0.39 is 11.8 Å². The van der Waals surface area contributed by atoms with Crippen LogP contribution in [0, 0.1) is 5.92 Å². The van der Waals surface area contributed by atoms with E-state index in [1.807, 2.05) is 0 Å². The molecule has 3 rings (SSSR count). The van der Waals surface area contributed by atoms with Gasteiger partial charge in [0.1, 0.15) is 5.75 Å². The van der Waals surface area contributed by atoms with Crippen molar-refractivity contribution in [3.63, 3.8) is 0 Å². The van der Waals surface area contributed by atoms with Gasteiger partial charge in [-0.2, -0.15) is 0 Å². The van der Waals surface area contributed by atoms with Crippen LogP contribution in [0.15, 0.2) is 24.3 Å². The molecule has 130 valence electrons. The molecule has 2 saturated heterocycles. The maximum absolute atomic E-state index is 12.0. The second-order valence-corrected chi connectivity index (χ2v) is 6.72. The fourth-order valence-corrected chi connectivity index (χ4v) is 3.89. The Morgan fingerprint density at radius 3 is 2.79 bits per heavy atom. The average Bonchev–Trinajstić information content (AvgIpc) is 2.59. The van der Waals surface area contributed by atoms with Gasteiger partial charge in [-0.25, -0.2) is 0 Å². The monoisotopic (exact) mass is 331 g/mol. The van der Waals surface area contributed by atoms with E-state index in [-0.39, 0.29) is 5.75 Å². The van der Waals surface area contributed by atoms with E-state index in [0.29, 0.717) is 24.2 Å². The summed E-state index contributed by atoms with van der Waals surface area (Å²) in [5, 5.41) is 14.7. The van der Waals surface area contributed by atoms with Crippen LogP contribution in [-0.4, -0.2) is 47.5 Å². The summed E-state index contributed by atoms with van der Waals surface area (Å²) in [5.41, 5.74) is 0.409. The molecular weight excluding hydrogens is 306 g/mol. The lowest BCUT2D eigenvalue weighted by molar-refractivity contribution is -0.136. The maximum Gasteiger partial charge on any atom is 0.313 e. The standard InChI is InChI=1S/C18H25N3O3/c22-15-7-3-6-14(11-15)20-18(24)17(23)19-12-13-5-4-10-21-9-2-1-8-16(13)21/h3,6-7,11,13,16,22H,1-2,4-5,8-10,12H2,(H,19,23)(H,20,24)/t13-,16+/m0/s1. The molecule has 1 aromatic carbocycles. The van der Waals surface area contributed by atoms with E-state index in [1.54, 1.807) is 12.1 Å². The van der Waals surface area contributed by atoms with Gasteiger partial charge in [0, 0.05) is 24.3 Å². The third-order valence-electron chi connectivity index (χ3n) is 5.06. The molecule has 2 aliphatic rings. The molecule has 2 fully saturated rings. The smallest absolute Gasteiger partial charge is 0.313 e. The maximum atomic E-state index is 12.0. The molecule has 0 aliphatic carbocycles. The molecule has 2 atom stereocenters. The number of phenols is 1. The van der Waals surface area contributed by atoms with Crippen molar-refractivity contribution in [2.75, 3.05) is 25.0 Å². The van der Waals surface area contributed by atoms with Gasteiger partial charge in [-0.3, -0.25) is 9.59 Å². The van der Waals surface area contributed by atoms with Crippen molar-refractivity contribution in [3.05, 3.63) is 24.3 Å². The first kappa shape index (κ1) is 16.8. The van der Waals surface area contributed by atoms with E-state index in [1.165, 1.54) is 31.4 Å². The lowest BCUT2D eigenvalue weighted by atomic mass is 9.83. The largest absolute Gasteiger partial charge is 0.508 e. The molecule has 0 saturated carbocycles. The molecule has 0 bridgehead atoms. The Morgan fingerprint density at radius 1 is 1.12 bits per heavy atom. The van der Waals surface area contributed by atoms with Crippen LogP contribution < -0.4 is 10.6 Å². The van der Waals surface area contributed by atoms with Crippen LogP contribution >= 0.6 is 0 Å². The molecule has 0 aromatic heterocycles. The molecule has 2 aliphatic heterocycles. The van der Waals surface area contributed by atoms with Crippen molar-refractivity contribution in [3.8, 4) is 5.75 Å². The molecule has 0 radical (unpaired) electrons. The highest BCUT2D eigenvalue weighted by Gasteiger charge is 2.33. The van der Waals surface area contributed by atoms with Crippen molar-refractivity contribution < 1.29 is 14.7 Å². The van der Waals surface area contributed by atoms with Crippen LogP contribution in [0.3, 0.4) is 0 Å². The molecule has 0 spiro atoms. The summed E-state index contributed by atoms with van der Waals surface area (Å²) in [6, 6.07) is 6.71. The van der Waals surface area contributed by atoms with Gasteiger partial charge in [-0.1, -0.05) is 12.5 Å². The molecule has 0 unspecified atom stereocenters. The summed E-state index contributed by atoms with van der Waals surface area (Å²) in [5.74, 6) is -0.840. The van der Waals surface area contributed by atoms with Crippen LogP contribution in [0.4, 0.5) is 5.69 Å². The Labute approximate surface area is 142 Å². The fraction of sp³-hybridized carbons (Fsp3) is 0.556. The topological polar surface area (TPSA) is 81.7 Å². The van der Waals surface area contributed by atoms with Gasteiger partial charge in [0.2, 0.25) is 0 Å². The highest BCUT2D eigenvalue weighted by atomic mass is 16.3. The van der Waals surface area contributed by atoms with E-state index in [0.717, 1.165) is 25.9 Å². The third kappa shape index (κ3) is 4.06. The van der Waals surface area contributed by atoms with Crippen LogP contribution in [0.1, 0.15) is 32.1 Å². The van der Waals surface area contributed by atoms with Crippen LogP contribution in [0.5, 0.6) is 5.75 Å².